The zero-order valence-electron chi connectivity index (χ0n) is 3.08. The first-order valence-electron chi connectivity index (χ1n) is 0. The van der Waals surface area contributed by atoms with E-state index in [1.54, 1.807) is 0 Å². The van der Waals surface area contributed by atoms with Crippen molar-refractivity contribution in [1.82, 2.24) is 0 Å². The molecule has 7 heavy (non-hydrogen) atoms. The van der Waals surface area contributed by atoms with E-state index in [1.165, 1.54) is 0 Å². The summed E-state index contributed by atoms with van der Waals surface area (Å²) in [7, 11) is 0. The summed E-state index contributed by atoms with van der Waals surface area (Å²) in [6.45, 7) is 0. The topological polar surface area (TPSA) is 114 Å². The Hall–Kier alpha value is 2.35. The van der Waals surface area contributed by atoms with Crippen LogP contribution in [0.2, 0.25) is 0 Å². The van der Waals surface area contributed by atoms with Crippen LogP contribution in [0.15, 0.2) is 0 Å². The van der Waals surface area contributed by atoms with Crippen molar-refractivity contribution in [2.75, 3.05) is 0 Å². The molecule has 0 unspecified atom stereocenters. The minimum Gasteiger partial charge on any atom is -2.00 e. The van der Waals surface area contributed by atoms with Gasteiger partial charge in [0.1, 0.15) is 0 Å². The van der Waals surface area contributed by atoms with E-state index < -0.39 is 0 Å². The third kappa shape index (κ3) is 61.1. The Kier molecular flexibility index (Phi) is 1380. The van der Waals surface area contributed by atoms with Crippen LogP contribution < -0.4 is 0 Å². The van der Waals surface area contributed by atoms with E-state index in [0.717, 1.165) is 0 Å². The maximum Gasteiger partial charge on any atom is 5.00 e. The molecular weight excluding hydrogens is 339 g/mol. The molecule has 0 amide bonds. The van der Waals surface area contributed by atoms with Crippen LogP contribution in [-0.2, 0) is 96.7 Å². The molecule has 0 rings (SSSR count). The van der Waals surface area contributed by atoms with Crippen molar-refractivity contribution in [3.05, 3.63) is 0 Å². The largest absolute Gasteiger partial charge is 5.00 e. The van der Waals surface area contributed by atoms with Crippen molar-refractivity contribution in [2.45, 2.75) is 0 Å². The Morgan fingerprint density at radius 2 is 0.429 bits per heavy atom. The zero-order valence-corrected chi connectivity index (χ0v) is 10.2. The van der Waals surface area contributed by atoms with Crippen LogP contribution in [0.4, 0.5) is 0 Å². The SMILES string of the molecule is [Nb+5].[O-2].[O-2].[O-2].[O-2].[Zr+4].[Zr+4]. The maximum atomic E-state index is 0. The van der Waals surface area contributed by atoms with E-state index in [4.69, 9.17) is 0 Å². The predicted molar refractivity (Wildman–Crippen MR) is 2.75 cm³/mol. The average Bonchev–Trinajstić information content (AvgIpc) is 0. The third-order valence-electron chi connectivity index (χ3n) is 0. The van der Waals surface area contributed by atoms with Crippen LogP contribution >= 0.6 is 0 Å². The van der Waals surface area contributed by atoms with Crippen LogP contribution in [0.25, 0.3) is 0 Å². The molecule has 0 bridgehead atoms. The molecule has 0 aromatic heterocycles. The number of hydrogen-bond donors (Lipinski definition) is 0. The van der Waals surface area contributed by atoms with Crippen LogP contribution in [0, 0.1) is 0 Å². The Bertz CT molecular complexity index is 9.65. The van der Waals surface area contributed by atoms with Gasteiger partial charge in [-0.05, 0) is 0 Å². The second-order valence-corrected chi connectivity index (χ2v) is 0. The normalized spacial score (nSPS) is 0. The molecule has 0 spiro atoms. The van der Waals surface area contributed by atoms with Gasteiger partial charge in [0.05, 0.1) is 0 Å². The van der Waals surface area contributed by atoms with Gasteiger partial charge in [-0.1, -0.05) is 0 Å². The number of rotatable bonds is 0. The Labute approximate surface area is 95.4 Å². The summed E-state index contributed by atoms with van der Waals surface area (Å²) in [6.07, 6.45) is 0. The fourth-order valence-corrected chi connectivity index (χ4v) is 0. The molecule has 0 aliphatic heterocycles. The molecule has 0 heterocycles. The minimum absolute atomic E-state index is 0. The molecule has 0 fully saturated rings. The van der Waals surface area contributed by atoms with E-state index in [0.29, 0.717) is 0 Å². The van der Waals surface area contributed by atoms with Gasteiger partial charge in [0.15, 0.2) is 0 Å². The van der Waals surface area contributed by atoms with E-state index in [9.17, 15) is 0 Å². The second-order valence-electron chi connectivity index (χ2n) is 0. The molecule has 7 heteroatoms. The summed E-state index contributed by atoms with van der Waals surface area (Å²) in [5.74, 6) is 0. The van der Waals surface area contributed by atoms with Crippen molar-refractivity contribution in [3.8, 4) is 0 Å². The Balaban J connectivity index is 0. The molecule has 32 valence electrons. The van der Waals surface area contributed by atoms with E-state index >= 15 is 0 Å². The second kappa shape index (κ2) is 81.8. The average molecular weight is 339 g/mol. The molecule has 0 aromatic rings. The van der Waals surface area contributed by atoms with Gasteiger partial charge in [0, 0.05) is 0 Å². The van der Waals surface area contributed by atoms with Crippen molar-refractivity contribution in [1.29, 1.82) is 0 Å². The molecule has 0 atom stereocenters. The zero-order chi connectivity index (χ0) is 0. The van der Waals surface area contributed by atoms with Gasteiger partial charge >= 0.3 is 74.8 Å². The van der Waals surface area contributed by atoms with Gasteiger partial charge < -0.3 is 21.9 Å². The summed E-state index contributed by atoms with van der Waals surface area (Å²) in [5.41, 5.74) is 0. The molecule has 0 N–H and O–H groups in total. The van der Waals surface area contributed by atoms with Crippen LogP contribution in [0.1, 0.15) is 0 Å². The fourth-order valence-electron chi connectivity index (χ4n) is 0. The Morgan fingerprint density at radius 1 is 0.429 bits per heavy atom. The first kappa shape index (κ1) is 118. The Morgan fingerprint density at radius 3 is 0.429 bits per heavy atom. The van der Waals surface area contributed by atoms with Crippen LogP contribution in [0.5, 0.6) is 0 Å². The molecule has 0 saturated heterocycles. The molecule has 0 aromatic carbocycles. The molecule has 0 radical (unpaired) electrons. The summed E-state index contributed by atoms with van der Waals surface area (Å²) in [6, 6.07) is 0. The molecule has 4 nitrogen and oxygen atoms in total. The third-order valence-corrected chi connectivity index (χ3v) is 0. The van der Waals surface area contributed by atoms with Gasteiger partial charge in [-0.25, -0.2) is 0 Å². The van der Waals surface area contributed by atoms with Gasteiger partial charge in [-0.2, -0.15) is 0 Å². The van der Waals surface area contributed by atoms with Crippen molar-refractivity contribution >= 4 is 0 Å². The first-order valence-corrected chi connectivity index (χ1v) is 0. The standard InChI is InChI=1S/Nb.4O.2Zr/q+5;4*-2;2*+4. The van der Waals surface area contributed by atoms with Gasteiger partial charge in [0.25, 0.3) is 0 Å². The van der Waals surface area contributed by atoms with Gasteiger partial charge in [-0.3, -0.25) is 0 Å². The van der Waals surface area contributed by atoms with E-state index in [2.05, 4.69) is 0 Å². The van der Waals surface area contributed by atoms with E-state index in [-0.39, 0.29) is 96.7 Å². The molecular formula is NbO4Zr2+5. The van der Waals surface area contributed by atoms with E-state index in [1.807, 2.05) is 0 Å². The van der Waals surface area contributed by atoms with Crippen molar-refractivity contribution in [3.63, 3.8) is 0 Å². The summed E-state index contributed by atoms with van der Waals surface area (Å²) >= 11 is 0. The van der Waals surface area contributed by atoms with Crippen molar-refractivity contribution in [2.24, 2.45) is 0 Å². The van der Waals surface area contributed by atoms with Gasteiger partial charge in [0.2, 0.25) is 0 Å². The summed E-state index contributed by atoms with van der Waals surface area (Å²) < 4.78 is 0. The predicted octanol–water partition coefficient (Wildman–Crippen LogP) is -0.483. The van der Waals surface area contributed by atoms with Crippen LogP contribution in [-0.4, -0.2) is 0 Å². The fraction of sp³-hybridized carbons (Fsp3) is 0. The first-order chi connectivity index (χ1) is 0. The summed E-state index contributed by atoms with van der Waals surface area (Å²) in [4.78, 5) is 0. The minimum atomic E-state index is 0. The van der Waals surface area contributed by atoms with Gasteiger partial charge in [-0.15, -0.1) is 0 Å². The van der Waals surface area contributed by atoms with Crippen LogP contribution in [0.3, 0.4) is 0 Å². The molecule has 0 aliphatic carbocycles. The quantitative estimate of drug-likeness (QED) is 0.530. The maximum absolute atomic E-state index is 0. The monoisotopic (exact) mass is 337 g/mol. The number of hydrogen-bond acceptors (Lipinski definition) is 0. The smallest absolute Gasteiger partial charge is 2.00 e. The summed E-state index contributed by atoms with van der Waals surface area (Å²) in [5, 5.41) is 0. The molecule has 0 aliphatic rings. The van der Waals surface area contributed by atoms with Crippen molar-refractivity contribution < 1.29 is 96.7 Å². The molecule has 0 saturated carbocycles.